The molecule has 0 unspecified atom stereocenters. The van der Waals surface area contributed by atoms with Crippen molar-refractivity contribution in [1.29, 1.82) is 0 Å². The summed E-state index contributed by atoms with van der Waals surface area (Å²) in [5.74, 6) is -1.95. The number of carboxylic acids is 1. The maximum atomic E-state index is 12.2. The fourth-order valence-electron chi connectivity index (χ4n) is 1.67. The molecule has 0 radical (unpaired) electrons. The van der Waals surface area contributed by atoms with E-state index in [9.17, 15) is 14.7 Å². The number of benzene rings is 1. The Balaban J connectivity index is 2.07. The van der Waals surface area contributed by atoms with Gasteiger partial charge in [-0.25, -0.2) is 4.98 Å². The average Bonchev–Trinajstić information content (AvgIpc) is 2.88. The van der Waals surface area contributed by atoms with E-state index < -0.39 is 11.9 Å². The Labute approximate surface area is 130 Å². The lowest BCUT2D eigenvalue weighted by atomic mass is 10.1. The summed E-state index contributed by atoms with van der Waals surface area (Å²) >= 11 is 7.23. The quantitative estimate of drug-likeness (QED) is 0.910. The molecule has 0 aliphatic carbocycles. The van der Waals surface area contributed by atoms with Crippen LogP contribution in [0.3, 0.4) is 0 Å². The lowest BCUT2D eigenvalue weighted by Crippen LogP contribution is -2.24. The molecule has 1 aromatic heterocycles. The van der Waals surface area contributed by atoms with Crippen molar-refractivity contribution in [2.45, 2.75) is 19.3 Å². The number of anilines is 1. The molecular weight excluding hydrogens is 312 g/mol. The van der Waals surface area contributed by atoms with Crippen molar-refractivity contribution in [3.05, 3.63) is 45.4 Å². The average molecular weight is 324 g/mol. The number of para-hydroxylation sites is 1. The first-order chi connectivity index (χ1) is 9.97. The van der Waals surface area contributed by atoms with Crippen molar-refractivity contribution in [3.8, 4) is 0 Å². The first-order valence-electron chi connectivity index (χ1n) is 6.17. The fourth-order valence-corrected chi connectivity index (χ4v) is 2.72. The molecule has 1 N–H and O–H groups in total. The number of aromatic nitrogens is 1. The van der Waals surface area contributed by atoms with Gasteiger partial charge < -0.3 is 15.2 Å². The number of thiazole rings is 1. The van der Waals surface area contributed by atoms with Crippen LogP contribution >= 0.6 is 22.9 Å². The summed E-state index contributed by atoms with van der Waals surface area (Å²) in [6, 6.07) is 6.93. The van der Waals surface area contributed by atoms with Gasteiger partial charge in [0, 0.05) is 17.8 Å². The van der Waals surface area contributed by atoms with Crippen molar-refractivity contribution < 1.29 is 14.7 Å². The molecule has 5 nitrogen and oxygen atoms in total. The minimum Gasteiger partial charge on any atom is -0.550 e. The van der Waals surface area contributed by atoms with Crippen molar-refractivity contribution in [3.63, 3.8) is 0 Å². The van der Waals surface area contributed by atoms with Crippen LogP contribution in [0.5, 0.6) is 0 Å². The third-order valence-corrected chi connectivity index (χ3v) is 4.20. The summed E-state index contributed by atoms with van der Waals surface area (Å²) in [5, 5.41) is 15.9. The van der Waals surface area contributed by atoms with Crippen LogP contribution in [0.15, 0.2) is 29.6 Å². The van der Waals surface area contributed by atoms with Gasteiger partial charge in [0.1, 0.15) is 5.01 Å². The highest BCUT2D eigenvalue weighted by Crippen LogP contribution is 2.25. The minimum absolute atomic E-state index is 0.252. The Bertz CT molecular complexity index is 672. The number of rotatable bonds is 5. The number of nitrogens with one attached hydrogen (secondary N) is 1. The van der Waals surface area contributed by atoms with Crippen molar-refractivity contribution in [1.82, 2.24) is 4.98 Å². The van der Waals surface area contributed by atoms with Crippen LogP contribution in [0.1, 0.15) is 23.5 Å². The Morgan fingerprint density at radius 2 is 2.14 bits per heavy atom. The Kier molecular flexibility index (Phi) is 4.93. The zero-order chi connectivity index (χ0) is 15.4. The molecule has 1 amide bonds. The van der Waals surface area contributed by atoms with E-state index in [-0.39, 0.29) is 12.3 Å². The topological polar surface area (TPSA) is 82.1 Å². The molecule has 110 valence electrons. The summed E-state index contributed by atoms with van der Waals surface area (Å²) in [6.45, 7) is 1.70. The molecule has 1 atom stereocenters. The summed E-state index contributed by atoms with van der Waals surface area (Å²) < 4.78 is 0. The molecule has 7 heteroatoms. The van der Waals surface area contributed by atoms with Crippen molar-refractivity contribution in [2.24, 2.45) is 0 Å². The van der Waals surface area contributed by atoms with Gasteiger partial charge in [0.25, 0.3) is 0 Å². The number of hydrogen-bond donors (Lipinski definition) is 1. The van der Waals surface area contributed by atoms with E-state index >= 15 is 0 Å². The van der Waals surface area contributed by atoms with Crippen LogP contribution in [-0.2, 0) is 16.0 Å². The molecule has 0 saturated heterocycles. The number of amides is 1. The van der Waals surface area contributed by atoms with Gasteiger partial charge in [-0.2, -0.15) is 0 Å². The van der Waals surface area contributed by atoms with E-state index in [4.69, 9.17) is 11.6 Å². The third-order valence-electron chi connectivity index (χ3n) is 2.79. The van der Waals surface area contributed by atoms with Crippen LogP contribution in [0, 0.1) is 0 Å². The second-order valence-electron chi connectivity index (χ2n) is 4.42. The monoisotopic (exact) mass is 323 g/mol. The van der Waals surface area contributed by atoms with Gasteiger partial charge in [0.15, 0.2) is 0 Å². The standard InChI is InChI=1S/C14H13ClN2O3S/c1-8(14-16-9(7-21-14)6-12(18)19)13(20)17-11-5-3-2-4-10(11)15/h2-5,7-8H,6H2,1H3,(H,17,20)(H,18,19)/p-1/t8-/m0/s1. The van der Waals surface area contributed by atoms with Crippen LogP contribution in [0.2, 0.25) is 5.02 Å². The van der Waals surface area contributed by atoms with Gasteiger partial charge >= 0.3 is 0 Å². The molecule has 1 aromatic carbocycles. The summed E-state index contributed by atoms with van der Waals surface area (Å²) in [6.07, 6.45) is -0.255. The van der Waals surface area contributed by atoms with Gasteiger partial charge in [0.05, 0.1) is 22.3 Å². The van der Waals surface area contributed by atoms with Crippen molar-refractivity contribution >= 4 is 40.5 Å². The normalized spacial score (nSPS) is 11.9. The number of nitrogens with zero attached hydrogens (tertiary/aromatic N) is 1. The molecule has 0 saturated carbocycles. The number of hydrogen-bond acceptors (Lipinski definition) is 5. The van der Waals surface area contributed by atoms with E-state index in [2.05, 4.69) is 10.3 Å². The SMILES string of the molecule is C[C@@H](C(=O)Nc1ccccc1Cl)c1nc(CC(=O)[O-])cs1. The second kappa shape index (κ2) is 6.69. The molecule has 0 aliphatic rings. The van der Waals surface area contributed by atoms with E-state index in [0.29, 0.717) is 21.4 Å². The molecule has 2 rings (SSSR count). The Hall–Kier alpha value is -1.92. The van der Waals surface area contributed by atoms with Crippen LogP contribution in [-0.4, -0.2) is 16.9 Å². The predicted octanol–water partition coefficient (Wildman–Crippen LogP) is 1.83. The molecular formula is C14H12ClN2O3S-. The van der Waals surface area contributed by atoms with E-state index in [1.165, 1.54) is 11.3 Å². The minimum atomic E-state index is -1.19. The maximum Gasteiger partial charge on any atom is 0.234 e. The number of halogens is 1. The fraction of sp³-hybridized carbons (Fsp3) is 0.214. The van der Waals surface area contributed by atoms with Crippen molar-refractivity contribution in [2.75, 3.05) is 5.32 Å². The van der Waals surface area contributed by atoms with Gasteiger partial charge in [-0.05, 0) is 19.1 Å². The zero-order valence-corrected chi connectivity index (χ0v) is 12.7. The molecule has 0 bridgehead atoms. The highest BCUT2D eigenvalue weighted by atomic mass is 35.5. The van der Waals surface area contributed by atoms with Gasteiger partial charge in [0.2, 0.25) is 5.91 Å². The smallest absolute Gasteiger partial charge is 0.234 e. The largest absolute Gasteiger partial charge is 0.550 e. The lowest BCUT2D eigenvalue weighted by Gasteiger charge is -2.11. The molecule has 0 spiro atoms. The maximum absolute atomic E-state index is 12.2. The van der Waals surface area contributed by atoms with E-state index in [1.807, 2.05) is 0 Å². The second-order valence-corrected chi connectivity index (χ2v) is 5.71. The number of aliphatic carboxylic acids is 1. The zero-order valence-electron chi connectivity index (χ0n) is 11.1. The predicted molar refractivity (Wildman–Crippen MR) is 79.3 cm³/mol. The summed E-state index contributed by atoms with van der Waals surface area (Å²) in [4.78, 5) is 26.8. The lowest BCUT2D eigenvalue weighted by molar-refractivity contribution is -0.304. The Morgan fingerprint density at radius 3 is 2.81 bits per heavy atom. The summed E-state index contributed by atoms with van der Waals surface area (Å²) in [5.41, 5.74) is 0.926. The molecule has 0 fully saturated rings. The summed E-state index contributed by atoms with van der Waals surface area (Å²) in [7, 11) is 0. The first-order valence-corrected chi connectivity index (χ1v) is 7.42. The van der Waals surface area contributed by atoms with Crippen LogP contribution in [0.25, 0.3) is 0 Å². The molecule has 1 heterocycles. The number of carboxylic acid groups (broad SMARTS) is 1. The highest BCUT2D eigenvalue weighted by molar-refractivity contribution is 7.09. The number of carbonyl (C=O) groups is 2. The van der Waals surface area contributed by atoms with Gasteiger partial charge in [-0.1, -0.05) is 23.7 Å². The van der Waals surface area contributed by atoms with E-state index in [1.54, 1.807) is 36.6 Å². The molecule has 0 aliphatic heterocycles. The molecule has 21 heavy (non-hydrogen) atoms. The van der Waals surface area contributed by atoms with E-state index in [0.717, 1.165) is 0 Å². The van der Waals surface area contributed by atoms with Gasteiger partial charge in [-0.3, -0.25) is 4.79 Å². The first kappa shape index (κ1) is 15.5. The number of carbonyl (C=O) groups excluding carboxylic acids is 2. The van der Waals surface area contributed by atoms with Crippen LogP contribution < -0.4 is 10.4 Å². The molecule has 2 aromatic rings. The van der Waals surface area contributed by atoms with Crippen LogP contribution in [0.4, 0.5) is 5.69 Å². The van der Waals surface area contributed by atoms with Gasteiger partial charge in [-0.15, -0.1) is 11.3 Å². The highest BCUT2D eigenvalue weighted by Gasteiger charge is 2.19. The third kappa shape index (κ3) is 4.03. The Morgan fingerprint density at radius 1 is 1.43 bits per heavy atom.